The summed E-state index contributed by atoms with van der Waals surface area (Å²) >= 11 is 0. The summed E-state index contributed by atoms with van der Waals surface area (Å²) in [6, 6.07) is 5.79. The highest BCUT2D eigenvalue weighted by molar-refractivity contribution is 5.97. The van der Waals surface area contributed by atoms with Crippen molar-refractivity contribution >= 4 is 16.9 Å². The number of hydrogen-bond donors (Lipinski definition) is 3. The van der Waals surface area contributed by atoms with Crippen molar-refractivity contribution in [3.8, 4) is 11.1 Å². The minimum atomic E-state index is -0.415. The van der Waals surface area contributed by atoms with Gasteiger partial charge < -0.3 is 20.0 Å². The van der Waals surface area contributed by atoms with Crippen LogP contribution in [-0.2, 0) is 0 Å². The lowest BCUT2D eigenvalue weighted by molar-refractivity contribution is 0.0469. The molecule has 1 amide bonds. The maximum absolute atomic E-state index is 12.6. The number of aliphatic hydroxyl groups is 1. The lowest BCUT2D eigenvalue weighted by atomic mass is 10.1. The predicted molar refractivity (Wildman–Crippen MR) is 87.0 cm³/mol. The molecule has 6 heteroatoms. The van der Waals surface area contributed by atoms with Crippen molar-refractivity contribution in [2.75, 3.05) is 13.1 Å². The van der Waals surface area contributed by atoms with Gasteiger partial charge in [0.2, 0.25) is 0 Å². The average molecular weight is 310 g/mol. The van der Waals surface area contributed by atoms with E-state index in [1.807, 2.05) is 30.6 Å². The number of β-amino-alcohol motifs (C(OH)–C–C–N with tert-alkyl or cyclic N) is 1. The molecule has 3 aromatic rings. The summed E-state index contributed by atoms with van der Waals surface area (Å²) in [5.41, 5.74) is 3.37. The number of aromatic amines is 2. The van der Waals surface area contributed by atoms with E-state index < -0.39 is 6.10 Å². The van der Waals surface area contributed by atoms with E-state index in [0.29, 0.717) is 18.8 Å². The highest BCUT2D eigenvalue weighted by Gasteiger charge is 2.24. The molecular formula is C17H18N4O2. The van der Waals surface area contributed by atoms with E-state index in [0.717, 1.165) is 35.0 Å². The minimum Gasteiger partial charge on any atom is -0.391 e. The quantitative estimate of drug-likeness (QED) is 0.678. The fourth-order valence-corrected chi connectivity index (χ4v) is 3.20. The largest absolute Gasteiger partial charge is 0.391 e. The Kier molecular flexibility index (Phi) is 3.38. The maximum atomic E-state index is 12.6. The third kappa shape index (κ3) is 2.51. The smallest absolute Gasteiger partial charge is 0.270 e. The third-order valence-corrected chi connectivity index (χ3v) is 4.37. The van der Waals surface area contributed by atoms with Crippen LogP contribution in [-0.4, -0.2) is 50.1 Å². The number of nitrogens with zero attached hydrogens (tertiary/aromatic N) is 2. The number of likely N-dealkylation sites (tertiary alicyclic amines) is 1. The van der Waals surface area contributed by atoms with Crippen LogP contribution in [0.1, 0.15) is 23.3 Å². The van der Waals surface area contributed by atoms with Gasteiger partial charge >= 0.3 is 0 Å². The van der Waals surface area contributed by atoms with E-state index in [1.54, 1.807) is 11.1 Å². The van der Waals surface area contributed by atoms with Crippen molar-refractivity contribution in [3.05, 3.63) is 42.5 Å². The first-order valence-corrected chi connectivity index (χ1v) is 7.80. The molecule has 0 bridgehead atoms. The van der Waals surface area contributed by atoms with E-state index in [2.05, 4.69) is 15.0 Å². The third-order valence-electron chi connectivity index (χ3n) is 4.37. The summed E-state index contributed by atoms with van der Waals surface area (Å²) < 4.78 is 0. The van der Waals surface area contributed by atoms with Crippen molar-refractivity contribution in [2.24, 2.45) is 0 Å². The summed E-state index contributed by atoms with van der Waals surface area (Å²) in [5, 5.41) is 10.8. The van der Waals surface area contributed by atoms with Crippen molar-refractivity contribution in [1.82, 2.24) is 19.9 Å². The molecule has 1 aliphatic heterocycles. The lowest BCUT2D eigenvalue weighted by Gasteiger charge is -2.29. The highest BCUT2D eigenvalue weighted by Crippen LogP contribution is 2.28. The van der Waals surface area contributed by atoms with Gasteiger partial charge in [0, 0.05) is 42.6 Å². The number of carbonyl (C=O) groups is 1. The normalized spacial score (nSPS) is 18.5. The molecule has 4 heterocycles. The summed E-state index contributed by atoms with van der Waals surface area (Å²) in [4.78, 5) is 24.7. The number of fused-ring (bicyclic) bond motifs is 1. The summed E-state index contributed by atoms with van der Waals surface area (Å²) in [6.07, 6.45) is 6.65. The Morgan fingerprint density at radius 3 is 3.13 bits per heavy atom. The second-order valence-electron chi connectivity index (χ2n) is 5.95. The van der Waals surface area contributed by atoms with Gasteiger partial charge in [0.15, 0.2) is 0 Å². The van der Waals surface area contributed by atoms with Crippen LogP contribution in [0.3, 0.4) is 0 Å². The average Bonchev–Trinajstić information content (AvgIpc) is 3.23. The Morgan fingerprint density at radius 1 is 1.35 bits per heavy atom. The van der Waals surface area contributed by atoms with Gasteiger partial charge in [0.1, 0.15) is 11.3 Å². The number of pyridine rings is 1. The van der Waals surface area contributed by atoms with Crippen LogP contribution in [0.25, 0.3) is 22.2 Å². The van der Waals surface area contributed by atoms with E-state index in [4.69, 9.17) is 0 Å². The molecular weight excluding hydrogens is 292 g/mol. The number of rotatable bonds is 2. The highest BCUT2D eigenvalue weighted by atomic mass is 16.3. The van der Waals surface area contributed by atoms with Crippen LogP contribution in [0.5, 0.6) is 0 Å². The van der Waals surface area contributed by atoms with Crippen LogP contribution in [0, 0.1) is 0 Å². The molecule has 0 spiro atoms. The molecule has 3 N–H and O–H groups in total. The van der Waals surface area contributed by atoms with Crippen molar-refractivity contribution in [3.63, 3.8) is 0 Å². The molecule has 1 aliphatic rings. The Labute approximate surface area is 133 Å². The minimum absolute atomic E-state index is 0.0608. The van der Waals surface area contributed by atoms with Gasteiger partial charge in [0.05, 0.1) is 6.10 Å². The Bertz CT molecular complexity index is 851. The number of aromatic nitrogens is 3. The Hall–Kier alpha value is -2.60. The van der Waals surface area contributed by atoms with Gasteiger partial charge in [-0.05, 0) is 36.6 Å². The van der Waals surface area contributed by atoms with Gasteiger partial charge in [-0.3, -0.25) is 4.79 Å². The second-order valence-corrected chi connectivity index (χ2v) is 5.95. The fraction of sp³-hybridized carbons (Fsp3) is 0.294. The molecule has 3 aromatic heterocycles. The summed E-state index contributed by atoms with van der Waals surface area (Å²) in [7, 11) is 0. The number of carbonyl (C=O) groups excluding carboxylic acids is 1. The number of H-pyrrole nitrogens is 2. The molecule has 1 fully saturated rings. The van der Waals surface area contributed by atoms with E-state index in [9.17, 15) is 9.90 Å². The fourth-order valence-electron chi connectivity index (χ4n) is 3.20. The van der Waals surface area contributed by atoms with Crippen molar-refractivity contribution in [2.45, 2.75) is 18.9 Å². The molecule has 0 saturated carbocycles. The van der Waals surface area contributed by atoms with Gasteiger partial charge in [-0.1, -0.05) is 0 Å². The topological polar surface area (TPSA) is 85.0 Å². The van der Waals surface area contributed by atoms with Crippen molar-refractivity contribution in [1.29, 1.82) is 0 Å². The summed E-state index contributed by atoms with van der Waals surface area (Å²) in [5.74, 6) is -0.0608. The second kappa shape index (κ2) is 5.55. The molecule has 1 atom stereocenters. The molecule has 0 aromatic carbocycles. The number of amides is 1. The first-order chi connectivity index (χ1) is 11.2. The van der Waals surface area contributed by atoms with Crippen LogP contribution >= 0.6 is 0 Å². The standard InChI is InChI=1S/C17H18N4O2/c22-12-2-1-7-21(10-12)17(23)15-8-11(9-20-15)13-3-5-18-16-14(13)4-6-19-16/h3-6,8-9,12,20,22H,1-2,7,10H2,(H,18,19). The van der Waals surface area contributed by atoms with Crippen LogP contribution in [0.15, 0.2) is 36.8 Å². The van der Waals surface area contributed by atoms with Crippen LogP contribution < -0.4 is 0 Å². The van der Waals surface area contributed by atoms with E-state index >= 15 is 0 Å². The lowest BCUT2D eigenvalue weighted by Crippen LogP contribution is -2.42. The zero-order valence-corrected chi connectivity index (χ0v) is 12.6. The molecule has 1 unspecified atom stereocenters. The number of aliphatic hydroxyl groups excluding tert-OH is 1. The maximum Gasteiger partial charge on any atom is 0.270 e. The summed E-state index contributed by atoms with van der Waals surface area (Å²) in [6.45, 7) is 1.10. The number of nitrogens with one attached hydrogen (secondary N) is 2. The molecule has 0 aliphatic carbocycles. The van der Waals surface area contributed by atoms with Crippen molar-refractivity contribution < 1.29 is 9.90 Å². The zero-order chi connectivity index (χ0) is 15.8. The monoisotopic (exact) mass is 310 g/mol. The Morgan fingerprint density at radius 2 is 2.26 bits per heavy atom. The van der Waals surface area contributed by atoms with Crippen LogP contribution in [0.2, 0.25) is 0 Å². The van der Waals surface area contributed by atoms with Gasteiger partial charge in [-0.2, -0.15) is 0 Å². The molecule has 118 valence electrons. The molecule has 0 radical (unpaired) electrons. The first-order valence-electron chi connectivity index (χ1n) is 7.80. The molecule has 23 heavy (non-hydrogen) atoms. The number of piperidine rings is 1. The number of hydrogen-bond acceptors (Lipinski definition) is 3. The van der Waals surface area contributed by atoms with Crippen LogP contribution in [0.4, 0.5) is 0 Å². The predicted octanol–water partition coefficient (Wildman–Crippen LogP) is 2.15. The molecule has 1 saturated heterocycles. The first kappa shape index (κ1) is 14.0. The van der Waals surface area contributed by atoms with Gasteiger partial charge in [-0.25, -0.2) is 4.98 Å². The zero-order valence-electron chi connectivity index (χ0n) is 12.6. The van der Waals surface area contributed by atoms with Gasteiger partial charge in [0.25, 0.3) is 5.91 Å². The molecule has 4 rings (SSSR count). The van der Waals surface area contributed by atoms with E-state index in [-0.39, 0.29) is 5.91 Å². The van der Waals surface area contributed by atoms with E-state index in [1.165, 1.54) is 0 Å². The molecule has 6 nitrogen and oxygen atoms in total. The van der Waals surface area contributed by atoms with Gasteiger partial charge in [-0.15, -0.1) is 0 Å². The Balaban J connectivity index is 1.64. The SMILES string of the molecule is O=C(c1cc(-c2ccnc3[nH]ccc23)c[nH]1)N1CCCC(O)C1.